The number of carbonyl (C=O) groups excluding carboxylic acids is 1. The first kappa shape index (κ1) is 12.6. The smallest absolute Gasteiger partial charge is 0.257 e. The summed E-state index contributed by atoms with van der Waals surface area (Å²) >= 11 is 11.2. The Labute approximate surface area is 120 Å². The fourth-order valence-electron chi connectivity index (χ4n) is 1.93. The fraction of sp³-hybridized carbons (Fsp3) is 0.308. The van der Waals surface area contributed by atoms with E-state index in [2.05, 4.69) is 15.5 Å². The molecule has 0 spiro atoms. The van der Waals surface area contributed by atoms with E-state index in [1.807, 2.05) is 6.07 Å². The molecule has 2 aliphatic carbocycles. The maximum Gasteiger partial charge on any atom is 0.257 e. The number of aromatic nitrogens is 2. The molecule has 0 aromatic carbocycles. The number of halogens is 1. The van der Waals surface area contributed by atoms with Crippen LogP contribution in [0, 0.1) is 0 Å². The molecule has 1 unspecified atom stereocenters. The summed E-state index contributed by atoms with van der Waals surface area (Å²) in [6.07, 6.45) is 7.51. The molecule has 0 aliphatic heterocycles. The van der Waals surface area contributed by atoms with Gasteiger partial charge >= 0.3 is 0 Å². The molecule has 1 fully saturated rings. The molecule has 19 heavy (non-hydrogen) atoms. The number of allylic oxidation sites excluding steroid dienone is 3. The van der Waals surface area contributed by atoms with Gasteiger partial charge in [0.25, 0.3) is 5.91 Å². The van der Waals surface area contributed by atoms with Crippen LogP contribution in [0.3, 0.4) is 0 Å². The van der Waals surface area contributed by atoms with Crippen molar-refractivity contribution in [1.29, 1.82) is 0 Å². The van der Waals surface area contributed by atoms with Gasteiger partial charge in [-0.1, -0.05) is 24.4 Å². The molecule has 0 saturated heterocycles. The Morgan fingerprint density at radius 1 is 1.53 bits per heavy atom. The lowest BCUT2D eigenvalue weighted by Crippen LogP contribution is -2.25. The van der Waals surface area contributed by atoms with Crippen LogP contribution >= 0.6 is 23.8 Å². The number of anilines is 1. The minimum Gasteiger partial charge on any atom is -0.307 e. The van der Waals surface area contributed by atoms with E-state index in [4.69, 9.17) is 23.8 Å². The number of alkyl halides is 1. The third kappa shape index (κ3) is 2.62. The lowest BCUT2D eigenvalue weighted by atomic mass is 10.0. The minimum atomic E-state index is -0.399. The van der Waals surface area contributed by atoms with Gasteiger partial charge in [-0.2, -0.15) is 5.10 Å². The predicted molar refractivity (Wildman–Crippen MR) is 78.7 cm³/mol. The maximum absolute atomic E-state index is 12.1. The summed E-state index contributed by atoms with van der Waals surface area (Å²) in [5.74, 6) is 0.884. The molecule has 2 N–H and O–H groups in total. The second-order valence-electron chi connectivity index (χ2n) is 4.67. The summed E-state index contributed by atoms with van der Waals surface area (Å²) in [5.41, 5.74) is 1.44. The summed E-state index contributed by atoms with van der Waals surface area (Å²) in [6, 6.07) is 1.87. The average Bonchev–Trinajstić information content (AvgIpc) is 3.14. The Morgan fingerprint density at radius 3 is 3.05 bits per heavy atom. The molecular weight excluding hydrogens is 282 g/mol. The van der Waals surface area contributed by atoms with Crippen LogP contribution < -0.4 is 5.32 Å². The number of nitrogens with zero attached hydrogens (tertiary/aromatic N) is 1. The highest BCUT2D eigenvalue weighted by atomic mass is 35.5. The normalized spacial score (nSPS) is 22.3. The predicted octanol–water partition coefficient (Wildman–Crippen LogP) is 2.70. The topological polar surface area (TPSA) is 57.8 Å². The summed E-state index contributed by atoms with van der Waals surface area (Å²) in [5, 5.41) is 9.36. The van der Waals surface area contributed by atoms with Crippen molar-refractivity contribution in [3.8, 4) is 0 Å². The van der Waals surface area contributed by atoms with E-state index < -0.39 is 5.38 Å². The quantitative estimate of drug-likeness (QED) is 0.665. The number of rotatable bonds is 3. The van der Waals surface area contributed by atoms with Crippen molar-refractivity contribution in [2.45, 2.75) is 24.1 Å². The largest absolute Gasteiger partial charge is 0.307 e. The van der Waals surface area contributed by atoms with Crippen molar-refractivity contribution in [3.05, 3.63) is 35.6 Å². The van der Waals surface area contributed by atoms with Gasteiger partial charge in [-0.15, -0.1) is 11.6 Å². The van der Waals surface area contributed by atoms with E-state index in [-0.39, 0.29) is 5.91 Å². The van der Waals surface area contributed by atoms with Gasteiger partial charge < -0.3 is 5.32 Å². The van der Waals surface area contributed by atoms with Gasteiger partial charge in [0.2, 0.25) is 0 Å². The summed E-state index contributed by atoms with van der Waals surface area (Å²) in [4.78, 5) is 12.6. The standard InChI is InChI=1S/C13H12ClN3OS/c14-9-3-1-2-8(12(9)19)13(18)15-11-6-10(16-17-11)7-4-5-7/h1-3,6-7,9H,4-5H2,(H2,15,16,17,18). The van der Waals surface area contributed by atoms with Crippen molar-refractivity contribution >= 4 is 40.4 Å². The number of aromatic amines is 1. The van der Waals surface area contributed by atoms with E-state index in [9.17, 15) is 4.79 Å². The molecule has 1 aromatic heterocycles. The Bertz CT molecular complexity index is 601. The molecule has 1 amide bonds. The number of nitrogens with one attached hydrogen (secondary N) is 2. The van der Waals surface area contributed by atoms with E-state index >= 15 is 0 Å². The number of thiocarbonyl (C=S) groups is 1. The molecule has 6 heteroatoms. The summed E-state index contributed by atoms with van der Waals surface area (Å²) in [7, 11) is 0. The average molecular weight is 294 g/mol. The molecular formula is C13H12ClN3OS. The van der Waals surface area contributed by atoms with Crippen molar-refractivity contribution in [1.82, 2.24) is 10.2 Å². The van der Waals surface area contributed by atoms with Gasteiger partial charge in [-0.3, -0.25) is 9.89 Å². The molecule has 1 atom stereocenters. The molecule has 3 rings (SSSR count). The zero-order chi connectivity index (χ0) is 13.4. The van der Waals surface area contributed by atoms with E-state index in [0.717, 1.165) is 5.69 Å². The second kappa shape index (κ2) is 4.90. The number of amides is 1. The Hall–Kier alpha value is -1.46. The Balaban J connectivity index is 1.71. The zero-order valence-corrected chi connectivity index (χ0v) is 11.6. The highest BCUT2D eigenvalue weighted by Crippen LogP contribution is 2.39. The number of hydrogen-bond acceptors (Lipinski definition) is 3. The molecule has 2 aliphatic rings. The maximum atomic E-state index is 12.1. The Morgan fingerprint density at radius 2 is 2.32 bits per heavy atom. The second-order valence-corrected chi connectivity index (χ2v) is 5.58. The first-order valence-corrected chi connectivity index (χ1v) is 6.93. The summed E-state index contributed by atoms with van der Waals surface area (Å²) in [6.45, 7) is 0. The highest BCUT2D eigenvalue weighted by molar-refractivity contribution is 7.81. The summed E-state index contributed by atoms with van der Waals surface area (Å²) < 4.78 is 0. The first-order valence-electron chi connectivity index (χ1n) is 6.08. The third-order valence-electron chi connectivity index (χ3n) is 3.15. The molecule has 0 radical (unpaired) electrons. The molecule has 1 heterocycles. The van der Waals surface area contributed by atoms with Gasteiger partial charge in [-0.05, 0) is 18.9 Å². The first-order chi connectivity index (χ1) is 9.15. The van der Waals surface area contributed by atoms with Crippen LogP contribution in [0.25, 0.3) is 0 Å². The van der Waals surface area contributed by atoms with Crippen molar-refractivity contribution < 1.29 is 4.79 Å². The number of carbonyl (C=O) groups is 1. The highest BCUT2D eigenvalue weighted by Gasteiger charge is 2.27. The SMILES string of the molecule is O=C(Nc1cc(C2CC2)n[nH]1)C1=CC=CC(Cl)C1=S. The van der Waals surface area contributed by atoms with Gasteiger partial charge in [-0.25, -0.2) is 0 Å². The van der Waals surface area contributed by atoms with Crippen molar-refractivity contribution in [3.63, 3.8) is 0 Å². The van der Waals surface area contributed by atoms with Crippen LogP contribution in [0.2, 0.25) is 0 Å². The van der Waals surface area contributed by atoms with E-state index in [1.54, 1.807) is 18.2 Å². The van der Waals surface area contributed by atoms with Gasteiger partial charge in [0, 0.05) is 16.8 Å². The van der Waals surface area contributed by atoms with E-state index in [0.29, 0.717) is 22.2 Å². The molecule has 4 nitrogen and oxygen atoms in total. The molecule has 1 saturated carbocycles. The lowest BCUT2D eigenvalue weighted by molar-refractivity contribution is -0.112. The van der Waals surface area contributed by atoms with Gasteiger partial charge in [0.15, 0.2) is 0 Å². The monoisotopic (exact) mass is 293 g/mol. The van der Waals surface area contributed by atoms with Crippen LogP contribution in [0.15, 0.2) is 29.9 Å². The van der Waals surface area contributed by atoms with Crippen LogP contribution in [-0.2, 0) is 4.79 Å². The van der Waals surface area contributed by atoms with Crippen molar-refractivity contribution in [2.24, 2.45) is 0 Å². The minimum absolute atomic E-state index is 0.258. The van der Waals surface area contributed by atoms with Crippen molar-refractivity contribution in [2.75, 3.05) is 5.32 Å². The lowest BCUT2D eigenvalue weighted by Gasteiger charge is -2.13. The number of H-pyrrole nitrogens is 1. The Kier molecular flexibility index (Phi) is 3.24. The van der Waals surface area contributed by atoms with Gasteiger partial charge in [0.05, 0.1) is 16.6 Å². The van der Waals surface area contributed by atoms with Crippen LogP contribution in [-0.4, -0.2) is 26.3 Å². The molecule has 98 valence electrons. The van der Waals surface area contributed by atoms with Crippen LogP contribution in [0.5, 0.6) is 0 Å². The van der Waals surface area contributed by atoms with Crippen LogP contribution in [0.4, 0.5) is 5.82 Å². The third-order valence-corrected chi connectivity index (χ3v) is 4.11. The zero-order valence-electron chi connectivity index (χ0n) is 10.0. The molecule has 0 bridgehead atoms. The fourth-order valence-corrected chi connectivity index (χ4v) is 2.37. The van der Waals surface area contributed by atoms with E-state index in [1.165, 1.54) is 12.8 Å². The molecule has 1 aromatic rings. The number of hydrogen-bond donors (Lipinski definition) is 2. The van der Waals surface area contributed by atoms with Crippen LogP contribution in [0.1, 0.15) is 24.5 Å². The van der Waals surface area contributed by atoms with Gasteiger partial charge in [0.1, 0.15) is 5.82 Å².